The molecule has 6 heavy (non-hydrogen) atoms. The van der Waals surface area contributed by atoms with Gasteiger partial charge in [-0.1, -0.05) is 6.92 Å². The second kappa shape index (κ2) is 2.09. The minimum absolute atomic E-state index is 0.555. The third-order valence-corrected chi connectivity index (χ3v) is 1.11. The molecule has 0 rings (SSSR count). The minimum Gasteiger partial charge on any atom is -0.371 e. The van der Waals surface area contributed by atoms with E-state index in [1.54, 1.807) is 6.92 Å². The summed E-state index contributed by atoms with van der Waals surface area (Å²) in [5.41, 5.74) is 0. The average molecular weight is 124 g/mol. The SMILES string of the molecule is CCC(O)(S)S. The summed E-state index contributed by atoms with van der Waals surface area (Å²) in [6.45, 7) is 1.81. The van der Waals surface area contributed by atoms with Gasteiger partial charge in [-0.2, -0.15) is 0 Å². The third-order valence-electron chi connectivity index (χ3n) is 0.474. The van der Waals surface area contributed by atoms with E-state index >= 15 is 0 Å². The van der Waals surface area contributed by atoms with E-state index in [9.17, 15) is 0 Å². The number of thiol groups is 2. The Labute approximate surface area is 48.6 Å². The molecule has 0 aromatic rings. The van der Waals surface area contributed by atoms with Gasteiger partial charge in [0.05, 0.1) is 0 Å². The van der Waals surface area contributed by atoms with E-state index in [4.69, 9.17) is 5.11 Å². The Morgan fingerprint density at radius 1 is 1.67 bits per heavy atom. The Morgan fingerprint density at radius 3 is 1.83 bits per heavy atom. The summed E-state index contributed by atoms with van der Waals surface area (Å²) >= 11 is 7.35. The van der Waals surface area contributed by atoms with Gasteiger partial charge in [0, 0.05) is 0 Å². The van der Waals surface area contributed by atoms with Crippen molar-refractivity contribution in [3.8, 4) is 0 Å². The zero-order valence-corrected chi connectivity index (χ0v) is 5.34. The van der Waals surface area contributed by atoms with Crippen LogP contribution < -0.4 is 0 Å². The zero-order chi connectivity index (χ0) is 5.21. The van der Waals surface area contributed by atoms with Crippen molar-refractivity contribution in [1.29, 1.82) is 0 Å². The molecule has 0 fully saturated rings. The fraction of sp³-hybridized carbons (Fsp3) is 1.00. The van der Waals surface area contributed by atoms with Gasteiger partial charge in [-0.3, -0.25) is 0 Å². The second-order valence-electron chi connectivity index (χ2n) is 1.13. The first-order chi connectivity index (χ1) is 2.56. The highest BCUT2D eigenvalue weighted by atomic mass is 32.2. The lowest BCUT2D eigenvalue weighted by Gasteiger charge is -2.09. The molecule has 0 unspecified atom stereocenters. The van der Waals surface area contributed by atoms with Gasteiger partial charge >= 0.3 is 0 Å². The van der Waals surface area contributed by atoms with Gasteiger partial charge in [0.2, 0.25) is 0 Å². The van der Waals surface area contributed by atoms with Crippen LogP contribution in [0.3, 0.4) is 0 Å². The van der Waals surface area contributed by atoms with Crippen LogP contribution in [0.4, 0.5) is 0 Å². The largest absolute Gasteiger partial charge is 0.371 e. The van der Waals surface area contributed by atoms with Gasteiger partial charge in [-0.05, 0) is 6.42 Å². The number of hydrogen-bond acceptors (Lipinski definition) is 3. The lowest BCUT2D eigenvalue weighted by atomic mass is 10.5. The monoisotopic (exact) mass is 124 g/mol. The predicted octanol–water partition coefficient (Wildman–Crippen LogP) is 0.902. The molecule has 0 aliphatic rings. The maximum absolute atomic E-state index is 8.55. The van der Waals surface area contributed by atoms with E-state index in [1.165, 1.54) is 0 Å². The van der Waals surface area contributed by atoms with Crippen LogP contribution in [0.2, 0.25) is 0 Å². The fourth-order valence-electron chi connectivity index (χ4n) is 0. The van der Waals surface area contributed by atoms with Crippen molar-refractivity contribution in [3.63, 3.8) is 0 Å². The molecule has 0 saturated carbocycles. The normalized spacial score (nSPS) is 12.0. The van der Waals surface area contributed by atoms with Crippen LogP contribution in [-0.4, -0.2) is 9.37 Å². The average Bonchev–Trinajstić information content (AvgIpc) is 1.35. The number of aliphatic hydroxyl groups is 1. The highest BCUT2D eigenvalue weighted by Gasteiger charge is 2.08. The highest BCUT2D eigenvalue weighted by molar-refractivity contribution is 8.00. The summed E-state index contributed by atoms with van der Waals surface area (Å²) in [5, 5.41) is 8.55. The first-order valence-corrected chi connectivity index (χ1v) is 2.63. The highest BCUT2D eigenvalue weighted by Crippen LogP contribution is 2.17. The maximum atomic E-state index is 8.55. The quantitative estimate of drug-likeness (QED) is 0.350. The molecule has 0 aliphatic carbocycles. The first-order valence-electron chi connectivity index (χ1n) is 1.73. The summed E-state index contributed by atoms with van der Waals surface area (Å²) in [5.74, 6) is 0. The molecular formula is C3H8OS2. The van der Waals surface area contributed by atoms with Gasteiger partial charge in [0.1, 0.15) is 0 Å². The maximum Gasteiger partial charge on any atom is 0.151 e. The molecule has 0 aromatic carbocycles. The molecule has 0 aromatic heterocycles. The standard InChI is InChI=1S/C3H8OS2/c1-2-3(4,5)6/h4-6H,2H2,1H3. The van der Waals surface area contributed by atoms with Crippen LogP contribution in [-0.2, 0) is 0 Å². The number of hydrogen-bond donors (Lipinski definition) is 3. The molecule has 3 heteroatoms. The van der Waals surface area contributed by atoms with Crippen molar-refractivity contribution in [2.75, 3.05) is 0 Å². The zero-order valence-electron chi connectivity index (χ0n) is 3.55. The lowest BCUT2D eigenvalue weighted by molar-refractivity contribution is 0.231. The predicted molar refractivity (Wildman–Crippen MR) is 33.2 cm³/mol. The Balaban J connectivity index is 3.17. The van der Waals surface area contributed by atoms with Crippen molar-refractivity contribution < 1.29 is 5.11 Å². The minimum atomic E-state index is -1.07. The van der Waals surface area contributed by atoms with Crippen molar-refractivity contribution in [2.45, 2.75) is 17.6 Å². The van der Waals surface area contributed by atoms with Gasteiger partial charge in [-0.15, -0.1) is 25.3 Å². The summed E-state index contributed by atoms with van der Waals surface area (Å²) in [7, 11) is 0. The Hall–Kier alpha value is 0.660. The van der Waals surface area contributed by atoms with E-state index in [1.807, 2.05) is 0 Å². The molecule has 0 bridgehead atoms. The van der Waals surface area contributed by atoms with Crippen LogP contribution in [0, 0.1) is 0 Å². The molecule has 0 amide bonds. The van der Waals surface area contributed by atoms with Crippen molar-refractivity contribution in [3.05, 3.63) is 0 Å². The summed E-state index contributed by atoms with van der Waals surface area (Å²) < 4.78 is -1.07. The first kappa shape index (κ1) is 6.66. The smallest absolute Gasteiger partial charge is 0.151 e. The summed E-state index contributed by atoms with van der Waals surface area (Å²) in [6, 6.07) is 0. The Bertz CT molecular complexity index is 38.5. The lowest BCUT2D eigenvalue weighted by Crippen LogP contribution is -2.07. The van der Waals surface area contributed by atoms with Crippen LogP contribution in [0.15, 0.2) is 0 Å². The van der Waals surface area contributed by atoms with Crippen LogP contribution >= 0.6 is 25.3 Å². The molecule has 0 atom stereocenters. The van der Waals surface area contributed by atoms with Gasteiger partial charge < -0.3 is 5.11 Å². The molecular weight excluding hydrogens is 116 g/mol. The van der Waals surface area contributed by atoms with Gasteiger partial charge in [-0.25, -0.2) is 0 Å². The van der Waals surface area contributed by atoms with E-state index in [0.717, 1.165) is 0 Å². The van der Waals surface area contributed by atoms with Crippen molar-refractivity contribution in [2.24, 2.45) is 0 Å². The third kappa shape index (κ3) is 4.66. The molecule has 0 heterocycles. The molecule has 0 aliphatic heterocycles. The topological polar surface area (TPSA) is 20.2 Å². The Kier molecular flexibility index (Phi) is 2.33. The van der Waals surface area contributed by atoms with E-state index < -0.39 is 4.27 Å². The molecule has 0 spiro atoms. The Morgan fingerprint density at radius 2 is 1.83 bits per heavy atom. The molecule has 1 N–H and O–H groups in total. The molecule has 0 radical (unpaired) electrons. The fourth-order valence-corrected chi connectivity index (χ4v) is 0. The van der Waals surface area contributed by atoms with Crippen LogP contribution in [0.5, 0.6) is 0 Å². The second-order valence-corrected chi connectivity index (χ2v) is 2.96. The van der Waals surface area contributed by atoms with Crippen molar-refractivity contribution >= 4 is 25.3 Å². The van der Waals surface area contributed by atoms with Gasteiger partial charge in [0.25, 0.3) is 0 Å². The molecule has 38 valence electrons. The van der Waals surface area contributed by atoms with Gasteiger partial charge in [0.15, 0.2) is 4.27 Å². The van der Waals surface area contributed by atoms with Crippen LogP contribution in [0.1, 0.15) is 13.3 Å². The van der Waals surface area contributed by atoms with Crippen LogP contribution in [0.25, 0.3) is 0 Å². The van der Waals surface area contributed by atoms with E-state index in [2.05, 4.69) is 25.3 Å². The molecule has 0 saturated heterocycles. The number of rotatable bonds is 1. The molecule has 1 nitrogen and oxygen atoms in total. The van der Waals surface area contributed by atoms with E-state index in [0.29, 0.717) is 6.42 Å². The van der Waals surface area contributed by atoms with Crippen molar-refractivity contribution in [1.82, 2.24) is 0 Å². The summed E-state index contributed by atoms with van der Waals surface area (Å²) in [4.78, 5) is 0. The van der Waals surface area contributed by atoms with E-state index in [-0.39, 0.29) is 0 Å². The summed E-state index contributed by atoms with van der Waals surface area (Å²) in [6.07, 6.45) is 0.555.